The number of hydrogen-bond acceptors (Lipinski definition) is 4. The van der Waals surface area contributed by atoms with Crippen LogP contribution in [0.5, 0.6) is 5.75 Å². The van der Waals surface area contributed by atoms with Gasteiger partial charge in [-0.05, 0) is 31.9 Å². The van der Waals surface area contributed by atoms with Gasteiger partial charge in [-0.1, -0.05) is 12.1 Å². The smallest absolute Gasteiger partial charge is 0.310 e. The summed E-state index contributed by atoms with van der Waals surface area (Å²) in [4.78, 5) is 24.0. The van der Waals surface area contributed by atoms with Crippen LogP contribution in [0.4, 0.5) is 5.69 Å². The predicted octanol–water partition coefficient (Wildman–Crippen LogP) is 1.90. The maximum atomic E-state index is 12.6. The van der Waals surface area contributed by atoms with E-state index in [0.717, 1.165) is 6.42 Å². The first-order valence-corrected chi connectivity index (χ1v) is 7.52. The van der Waals surface area contributed by atoms with Gasteiger partial charge in [-0.3, -0.25) is 9.59 Å². The Labute approximate surface area is 128 Å². The van der Waals surface area contributed by atoms with Crippen LogP contribution in [-0.2, 0) is 14.3 Å². The first-order valence-electron chi connectivity index (χ1n) is 7.52. The summed E-state index contributed by atoms with van der Waals surface area (Å²) in [6, 6.07) is 7.13. The molecule has 2 bridgehead atoms. The van der Waals surface area contributed by atoms with Gasteiger partial charge in [0.05, 0.1) is 36.3 Å². The van der Waals surface area contributed by atoms with Gasteiger partial charge in [0, 0.05) is 0 Å². The molecular formula is C16H19NO5. The van der Waals surface area contributed by atoms with Gasteiger partial charge in [-0.25, -0.2) is 0 Å². The fraction of sp³-hybridized carbons (Fsp3) is 0.500. The molecule has 0 spiro atoms. The topological polar surface area (TPSA) is 84.9 Å². The van der Waals surface area contributed by atoms with E-state index >= 15 is 0 Å². The maximum absolute atomic E-state index is 12.6. The predicted molar refractivity (Wildman–Crippen MR) is 78.8 cm³/mol. The van der Waals surface area contributed by atoms with E-state index in [-0.39, 0.29) is 18.1 Å². The number of amides is 1. The normalized spacial score (nSPS) is 29.3. The maximum Gasteiger partial charge on any atom is 0.310 e. The van der Waals surface area contributed by atoms with Crippen molar-refractivity contribution in [3.8, 4) is 5.75 Å². The average Bonchev–Trinajstić information content (AvgIpc) is 3.10. The molecule has 6 heteroatoms. The van der Waals surface area contributed by atoms with Crippen LogP contribution in [0.2, 0.25) is 0 Å². The second-order valence-corrected chi connectivity index (χ2v) is 5.60. The molecule has 22 heavy (non-hydrogen) atoms. The molecule has 0 aliphatic carbocycles. The van der Waals surface area contributed by atoms with Crippen LogP contribution in [0.1, 0.15) is 19.8 Å². The number of fused-ring (bicyclic) bond motifs is 2. The summed E-state index contributed by atoms with van der Waals surface area (Å²) in [5.41, 5.74) is 0.557. The van der Waals surface area contributed by atoms with Gasteiger partial charge in [-0.15, -0.1) is 0 Å². The molecule has 0 aromatic heterocycles. The highest BCUT2D eigenvalue weighted by atomic mass is 16.5. The lowest BCUT2D eigenvalue weighted by molar-refractivity contribution is -0.147. The van der Waals surface area contributed by atoms with E-state index in [1.165, 1.54) is 0 Å². The second kappa shape index (κ2) is 5.96. The third kappa shape index (κ3) is 2.54. The van der Waals surface area contributed by atoms with Crippen molar-refractivity contribution in [3.05, 3.63) is 24.3 Å². The summed E-state index contributed by atoms with van der Waals surface area (Å²) in [6.45, 7) is 2.35. The standard InChI is InChI=1S/C16H19NO5/c1-2-21-10-6-4-3-5-9(10)17-15(18)13-11-7-8-12(22-11)14(13)16(19)20/h3-6,11-14H,2,7-8H2,1H3,(H,17,18)(H,19,20)/t11-,12+,13-,14-/m0/s1. The van der Waals surface area contributed by atoms with E-state index in [1.807, 2.05) is 13.0 Å². The van der Waals surface area contributed by atoms with Crippen molar-refractivity contribution >= 4 is 17.6 Å². The third-order valence-electron chi connectivity index (χ3n) is 4.31. The Kier molecular flexibility index (Phi) is 4.02. The summed E-state index contributed by atoms with van der Waals surface area (Å²) < 4.78 is 11.1. The van der Waals surface area contributed by atoms with E-state index in [1.54, 1.807) is 18.2 Å². The molecule has 3 rings (SSSR count). The van der Waals surface area contributed by atoms with E-state index in [9.17, 15) is 14.7 Å². The SMILES string of the molecule is CCOc1ccccc1NC(=O)[C@@H]1[C@@H](C(=O)O)[C@H]2CC[C@@H]1O2. The third-order valence-corrected chi connectivity index (χ3v) is 4.31. The molecule has 0 unspecified atom stereocenters. The zero-order valence-electron chi connectivity index (χ0n) is 12.3. The molecule has 0 radical (unpaired) electrons. The van der Waals surface area contributed by atoms with E-state index < -0.39 is 17.8 Å². The molecule has 2 fully saturated rings. The van der Waals surface area contributed by atoms with Gasteiger partial charge >= 0.3 is 5.97 Å². The molecule has 2 saturated heterocycles. The Bertz CT molecular complexity index is 588. The molecule has 118 valence electrons. The fourth-order valence-corrected chi connectivity index (χ4v) is 3.39. The van der Waals surface area contributed by atoms with Crippen molar-refractivity contribution in [3.63, 3.8) is 0 Å². The van der Waals surface area contributed by atoms with Crippen molar-refractivity contribution in [1.82, 2.24) is 0 Å². The minimum Gasteiger partial charge on any atom is -0.492 e. The lowest BCUT2D eigenvalue weighted by Crippen LogP contribution is -2.41. The highest BCUT2D eigenvalue weighted by molar-refractivity contribution is 5.97. The van der Waals surface area contributed by atoms with Crippen molar-refractivity contribution in [2.45, 2.75) is 32.0 Å². The molecule has 2 heterocycles. The zero-order valence-corrected chi connectivity index (χ0v) is 12.3. The Morgan fingerprint density at radius 1 is 1.27 bits per heavy atom. The summed E-state index contributed by atoms with van der Waals surface area (Å²) >= 11 is 0. The minimum atomic E-state index is -0.967. The number of carbonyl (C=O) groups excluding carboxylic acids is 1. The van der Waals surface area contributed by atoms with Crippen molar-refractivity contribution in [2.24, 2.45) is 11.8 Å². The molecule has 0 saturated carbocycles. The summed E-state index contributed by atoms with van der Waals surface area (Å²) in [5.74, 6) is -2.12. The molecule has 2 aliphatic heterocycles. The number of anilines is 1. The fourth-order valence-electron chi connectivity index (χ4n) is 3.39. The number of carboxylic acids is 1. The van der Waals surface area contributed by atoms with Crippen LogP contribution < -0.4 is 10.1 Å². The summed E-state index contributed by atoms with van der Waals surface area (Å²) in [6.07, 6.45) is 0.798. The van der Waals surface area contributed by atoms with Crippen LogP contribution in [-0.4, -0.2) is 35.8 Å². The van der Waals surface area contributed by atoms with Crippen molar-refractivity contribution < 1.29 is 24.2 Å². The Balaban J connectivity index is 1.78. The molecule has 4 atom stereocenters. The lowest BCUT2D eigenvalue weighted by atomic mass is 9.78. The average molecular weight is 305 g/mol. The zero-order chi connectivity index (χ0) is 15.7. The Hall–Kier alpha value is -2.08. The number of ether oxygens (including phenoxy) is 2. The first kappa shape index (κ1) is 14.8. The Morgan fingerprint density at radius 3 is 2.64 bits per heavy atom. The number of carboxylic acid groups (broad SMARTS) is 1. The number of rotatable bonds is 5. The highest BCUT2D eigenvalue weighted by Crippen LogP contribution is 2.44. The summed E-state index contributed by atoms with van der Waals surface area (Å²) in [7, 11) is 0. The number of benzene rings is 1. The second-order valence-electron chi connectivity index (χ2n) is 5.60. The lowest BCUT2D eigenvalue weighted by Gasteiger charge is -2.24. The number of aliphatic carboxylic acids is 1. The number of carbonyl (C=O) groups is 2. The van der Waals surface area contributed by atoms with Gasteiger partial charge in [0.1, 0.15) is 5.75 Å². The number of hydrogen-bond donors (Lipinski definition) is 2. The van der Waals surface area contributed by atoms with E-state index in [2.05, 4.69) is 5.32 Å². The van der Waals surface area contributed by atoms with Crippen LogP contribution >= 0.6 is 0 Å². The first-order chi connectivity index (χ1) is 10.6. The molecular weight excluding hydrogens is 286 g/mol. The largest absolute Gasteiger partial charge is 0.492 e. The van der Waals surface area contributed by atoms with Gasteiger partial charge in [0.2, 0.25) is 5.91 Å². The molecule has 1 amide bonds. The van der Waals surface area contributed by atoms with Crippen LogP contribution in [0.3, 0.4) is 0 Å². The van der Waals surface area contributed by atoms with E-state index in [0.29, 0.717) is 24.5 Å². The van der Waals surface area contributed by atoms with Crippen molar-refractivity contribution in [1.29, 1.82) is 0 Å². The Morgan fingerprint density at radius 2 is 1.95 bits per heavy atom. The highest BCUT2D eigenvalue weighted by Gasteiger charge is 2.55. The van der Waals surface area contributed by atoms with Crippen LogP contribution in [0.15, 0.2) is 24.3 Å². The van der Waals surface area contributed by atoms with Crippen molar-refractivity contribution in [2.75, 3.05) is 11.9 Å². The number of nitrogens with one attached hydrogen (secondary N) is 1. The van der Waals surface area contributed by atoms with Crippen LogP contribution in [0.25, 0.3) is 0 Å². The molecule has 1 aromatic carbocycles. The molecule has 1 aromatic rings. The monoisotopic (exact) mass is 305 g/mol. The van der Waals surface area contributed by atoms with Gasteiger partial charge < -0.3 is 19.9 Å². The van der Waals surface area contributed by atoms with E-state index in [4.69, 9.17) is 9.47 Å². The van der Waals surface area contributed by atoms with Crippen LogP contribution in [0, 0.1) is 11.8 Å². The minimum absolute atomic E-state index is 0.301. The number of para-hydroxylation sites is 2. The van der Waals surface area contributed by atoms with Gasteiger partial charge in [0.25, 0.3) is 0 Å². The molecule has 2 N–H and O–H groups in total. The quantitative estimate of drug-likeness (QED) is 0.868. The molecule has 2 aliphatic rings. The summed E-state index contributed by atoms with van der Waals surface area (Å²) in [5, 5.41) is 12.2. The van der Waals surface area contributed by atoms with Gasteiger partial charge in [0.15, 0.2) is 0 Å². The molecule has 6 nitrogen and oxygen atoms in total. The van der Waals surface area contributed by atoms with Gasteiger partial charge in [-0.2, -0.15) is 0 Å².